The van der Waals surface area contributed by atoms with E-state index in [0.717, 1.165) is 19.2 Å². The van der Waals surface area contributed by atoms with Gasteiger partial charge in [0.25, 0.3) is 0 Å². The van der Waals surface area contributed by atoms with E-state index in [0.29, 0.717) is 38.3 Å². The molecule has 0 radical (unpaired) electrons. The molecule has 2 aromatic rings. The summed E-state index contributed by atoms with van der Waals surface area (Å²) in [6.45, 7) is 5.61. The van der Waals surface area contributed by atoms with Gasteiger partial charge in [-0.05, 0) is 30.2 Å². The smallest absolute Gasteiger partial charge is 0.243 e. The van der Waals surface area contributed by atoms with E-state index >= 15 is 0 Å². The number of rotatable bonds is 5. The van der Waals surface area contributed by atoms with Gasteiger partial charge in [-0.25, -0.2) is 12.8 Å². The first-order valence-electron chi connectivity index (χ1n) is 10.3. The molecule has 0 saturated carbocycles. The maximum Gasteiger partial charge on any atom is 0.243 e. The summed E-state index contributed by atoms with van der Waals surface area (Å²) in [5, 5.41) is 10.6. The van der Waals surface area contributed by atoms with Crippen LogP contribution >= 0.6 is 24.8 Å². The lowest BCUT2D eigenvalue weighted by molar-refractivity contribution is 0.0618. The molecule has 0 amide bonds. The first-order valence-corrected chi connectivity index (χ1v) is 11.7. The molecule has 2 unspecified atom stereocenters. The van der Waals surface area contributed by atoms with Crippen molar-refractivity contribution in [3.63, 3.8) is 0 Å². The third kappa shape index (κ3) is 5.80. The van der Waals surface area contributed by atoms with Gasteiger partial charge in [-0.3, -0.25) is 9.80 Å². The summed E-state index contributed by atoms with van der Waals surface area (Å²) in [7, 11) is -3.73. The minimum Gasteiger partial charge on any atom is -0.390 e. The Kier molecular flexibility index (Phi) is 9.48. The van der Waals surface area contributed by atoms with Crippen LogP contribution in [-0.4, -0.2) is 79.0 Å². The Morgan fingerprint density at radius 1 is 1.00 bits per heavy atom. The lowest BCUT2D eigenvalue weighted by Gasteiger charge is -2.38. The van der Waals surface area contributed by atoms with Gasteiger partial charge in [0.15, 0.2) is 0 Å². The Bertz CT molecular complexity index is 989. The monoisotopic (exact) mass is 505 g/mol. The molecule has 2 aliphatic heterocycles. The van der Waals surface area contributed by atoms with Crippen LogP contribution < -0.4 is 0 Å². The average Bonchev–Trinajstić information content (AvgIpc) is 3.10. The summed E-state index contributed by atoms with van der Waals surface area (Å²) in [6.07, 6.45) is -0.456. The molecule has 10 heteroatoms. The number of halogens is 3. The van der Waals surface area contributed by atoms with Crippen LogP contribution in [0.5, 0.6) is 0 Å². The third-order valence-corrected chi connectivity index (χ3v) is 8.13. The molecular weight excluding hydrogens is 476 g/mol. The van der Waals surface area contributed by atoms with Crippen LogP contribution in [0.2, 0.25) is 0 Å². The number of nitrogens with zero attached hydrogens (tertiary/aromatic N) is 3. The number of hydrogen-bond acceptors (Lipinski definition) is 5. The normalized spacial score (nSPS) is 22.8. The Morgan fingerprint density at radius 2 is 1.66 bits per heavy atom. The van der Waals surface area contributed by atoms with Crippen LogP contribution in [0, 0.1) is 12.7 Å². The highest BCUT2D eigenvalue weighted by atomic mass is 35.5. The minimum absolute atomic E-state index is 0. The first-order chi connectivity index (χ1) is 14.3. The van der Waals surface area contributed by atoms with E-state index in [-0.39, 0.29) is 35.8 Å². The summed E-state index contributed by atoms with van der Waals surface area (Å²) in [5.41, 5.74) is 1.76. The molecule has 1 N–H and O–H groups in total. The first kappa shape index (κ1) is 27.0. The maximum absolute atomic E-state index is 13.6. The Labute approximate surface area is 201 Å². The lowest BCUT2D eigenvalue weighted by atomic mass is 10.1. The van der Waals surface area contributed by atoms with Crippen molar-refractivity contribution in [3.8, 4) is 0 Å². The van der Waals surface area contributed by atoms with Gasteiger partial charge >= 0.3 is 0 Å². The highest BCUT2D eigenvalue weighted by molar-refractivity contribution is 7.89. The molecule has 178 valence electrons. The molecule has 6 nitrogen and oxygen atoms in total. The van der Waals surface area contributed by atoms with E-state index in [1.165, 1.54) is 22.0 Å². The molecular formula is C22H30Cl2FN3O3S. The predicted octanol–water partition coefficient (Wildman–Crippen LogP) is 2.53. The highest BCUT2D eigenvalue weighted by Gasteiger charge is 2.38. The van der Waals surface area contributed by atoms with Crippen LogP contribution in [0.15, 0.2) is 53.4 Å². The Hall–Kier alpha value is -1.26. The molecule has 4 rings (SSSR count). The van der Waals surface area contributed by atoms with Crippen molar-refractivity contribution in [2.45, 2.75) is 30.5 Å². The minimum atomic E-state index is -3.73. The number of piperazine rings is 1. The lowest BCUT2D eigenvalue weighted by Crippen LogP contribution is -2.54. The summed E-state index contributed by atoms with van der Waals surface area (Å²) >= 11 is 0. The highest BCUT2D eigenvalue weighted by Crippen LogP contribution is 2.25. The number of hydrogen-bond donors (Lipinski definition) is 1. The van der Waals surface area contributed by atoms with E-state index in [4.69, 9.17) is 0 Å². The van der Waals surface area contributed by atoms with Crippen molar-refractivity contribution in [3.05, 3.63) is 65.5 Å². The number of benzene rings is 2. The van der Waals surface area contributed by atoms with Crippen LogP contribution in [0.3, 0.4) is 0 Å². The van der Waals surface area contributed by atoms with Crippen LogP contribution in [-0.2, 0) is 16.6 Å². The molecule has 0 spiro atoms. The molecule has 2 aliphatic rings. The average molecular weight is 506 g/mol. The molecule has 2 aromatic carbocycles. The van der Waals surface area contributed by atoms with Gasteiger partial charge in [0.05, 0.1) is 11.0 Å². The Balaban J connectivity index is 0.00000181. The summed E-state index contributed by atoms with van der Waals surface area (Å²) in [6, 6.07) is 14.0. The predicted molar refractivity (Wildman–Crippen MR) is 127 cm³/mol. The van der Waals surface area contributed by atoms with Crippen LogP contribution in [0.1, 0.15) is 11.1 Å². The maximum atomic E-state index is 13.6. The zero-order valence-electron chi connectivity index (χ0n) is 17.9. The molecule has 2 saturated heterocycles. The molecule has 2 heterocycles. The number of aliphatic hydroxyl groups excluding tert-OH is 1. The second-order valence-corrected chi connectivity index (χ2v) is 10.1. The van der Waals surface area contributed by atoms with Crippen molar-refractivity contribution < 1.29 is 17.9 Å². The van der Waals surface area contributed by atoms with E-state index < -0.39 is 21.9 Å². The fourth-order valence-electron chi connectivity index (χ4n) is 4.44. The van der Waals surface area contributed by atoms with Gasteiger partial charge in [0, 0.05) is 51.9 Å². The van der Waals surface area contributed by atoms with Gasteiger partial charge in [-0.1, -0.05) is 36.4 Å². The fourth-order valence-corrected chi connectivity index (χ4v) is 6.10. The summed E-state index contributed by atoms with van der Waals surface area (Å²) < 4.78 is 41.0. The van der Waals surface area contributed by atoms with Gasteiger partial charge in [-0.15, -0.1) is 24.8 Å². The summed E-state index contributed by atoms with van der Waals surface area (Å²) in [4.78, 5) is 4.45. The van der Waals surface area contributed by atoms with Gasteiger partial charge in [0.2, 0.25) is 10.0 Å². The molecule has 2 fully saturated rings. The third-order valence-electron chi connectivity index (χ3n) is 6.09. The number of aryl methyl sites for hydroxylation is 1. The van der Waals surface area contributed by atoms with Gasteiger partial charge in [-0.2, -0.15) is 4.31 Å². The zero-order chi connectivity index (χ0) is 21.3. The Morgan fingerprint density at radius 3 is 2.31 bits per heavy atom. The molecule has 2 atom stereocenters. The molecule has 32 heavy (non-hydrogen) atoms. The molecule has 0 aromatic heterocycles. The van der Waals surface area contributed by atoms with E-state index in [1.807, 2.05) is 18.2 Å². The topological polar surface area (TPSA) is 64.1 Å². The van der Waals surface area contributed by atoms with Crippen LogP contribution in [0.4, 0.5) is 4.39 Å². The molecule has 0 aliphatic carbocycles. The van der Waals surface area contributed by atoms with Crippen molar-refractivity contribution in [2.75, 3.05) is 39.3 Å². The zero-order valence-corrected chi connectivity index (χ0v) is 20.4. The standard InChI is InChI=1S/C22H28FN3O3S.2ClH/c1-17-7-8-19(23)13-22(17)30(28,29)26-11-9-25(10-12-26)20-15-24(16-21(20)27)14-18-5-3-2-4-6-18;;/h2-8,13,20-21,27H,9-12,14-16H2,1H3;2*1H. The van der Waals surface area contributed by atoms with Crippen molar-refractivity contribution >= 4 is 34.8 Å². The van der Waals surface area contributed by atoms with E-state index in [2.05, 4.69) is 21.9 Å². The van der Waals surface area contributed by atoms with Gasteiger partial charge in [0.1, 0.15) is 5.82 Å². The van der Waals surface area contributed by atoms with Gasteiger partial charge < -0.3 is 5.11 Å². The number of β-amino-alcohol motifs (C(OH)–C–C–N with tert-alkyl or cyclic N) is 1. The van der Waals surface area contributed by atoms with Crippen LogP contribution in [0.25, 0.3) is 0 Å². The van der Waals surface area contributed by atoms with E-state index in [1.54, 1.807) is 6.92 Å². The van der Waals surface area contributed by atoms with E-state index in [9.17, 15) is 17.9 Å². The van der Waals surface area contributed by atoms with Crippen molar-refractivity contribution in [2.24, 2.45) is 0 Å². The van der Waals surface area contributed by atoms with Crippen molar-refractivity contribution in [1.82, 2.24) is 14.1 Å². The quantitative estimate of drug-likeness (QED) is 0.676. The summed E-state index contributed by atoms with van der Waals surface area (Å²) in [5.74, 6) is -0.551. The second kappa shape index (κ2) is 11.2. The fraction of sp³-hybridized carbons (Fsp3) is 0.455. The van der Waals surface area contributed by atoms with Crippen molar-refractivity contribution in [1.29, 1.82) is 0 Å². The number of sulfonamides is 1. The number of aliphatic hydroxyl groups is 1. The SMILES string of the molecule is Cc1ccc(F)cc1S(=O)(=O)N1CCN(C2CN(Cc3ccccc3)CC2O)CC1.Cl.Cl. The molecule has 0 bridgehead atoms. The largest absolute Gasteiger partial charge is 0.390 e. The second-order valence-electron chi connectivity index (χ2n) is 8.16. The number of likely N-dealkylation sites (tertiary alicyclic amines) is 1.